The van der Waals surface area contributed by atoms with Crippen molar-refractivity contribution in [2.45, 2.75) is 13.3 Å². The standard InChI is InChI=1S/C13H16ClN3O/c1-8-11(17-13(15-2)16-8)7-9-4-5-12(18-3)10(14)6-9/h4-6H,7H2,1-3H3,(H2,15,16,17). The van der Waals surface area contributed by atoms with Crippen molar-refractivity contribution < 1.29 is 4.74 Å². The summed E-state index contributed by atoms with van der Waals surface area (Å²) in [5.41, 5.74) is 3.19. The molecule has 2 aromatic rings. The molecule has 96 valence electrons. The van der Waals surface area contributed by atoms with E-state index in [0.717, 1.165) is 29.3 Å². The number of anilines is 1. The van der Waals surface area contributed by atoms with Gasteiger partial charge in [-0.05, 0) is 24.6 Å². The Labute approximate surface area is 111 Å². The molecule has 0 unspecified atom stereocenters. The molecule has 0 aliphatic heterocycles. The number of benzene rings is 1. The van der Waals surface area contributed by atoms with Gasteiger partial charge in [0.05, 0.1) is 17.8 Å². The smallest absolute Gasteiger partial charge is 0.200 e. The maximum absolute atomic E-state index is 6.10. The maximum Gasteiger partial charge on any atom is 0.200 e. The third kappa shape index (κ3) is 2.59. The van der Waals surface area contributed by atoms with E-state index in [1.165, 1.54) is 0 Å². The van der Waals surface area contributed by atoms with Crippen LogP contribution in [0.2, 0.25) is 5.02 Å². The highest BCUT2D eigenvalue weighted by Crippen LogP contribution is 2.26. The molecule has 0 atom stereocenters. The summed E-state index contributed by atoms with van der Waals surface area (Å²) in [4.78, 5) is 7.63. The van der Waals surface area contributed by atoms with Gasteiger partial charge in [-0.3, -0.25) is 0 Å². The number of rotatable bonds is 4. The molecule has 18 heavy (non-hydrogen) atoms. The van der Waals surface area contributed by atoms with E-state index in [4.69, 9.17) is 16.3 Å². The number of aryl methyl sites for hydroxylation is 1. The number of hydrogen-bond donors (Lipinski definition) is 2. The van der Waals surface area contributed by atoms with E-state index in [0.29, 0.717) is 10.8 Å². The van der Waals surface area contributed by atoms with E-state index >= 15 is 0 Å². The number of imidazole rings is 1. The number of aromatic amines is 1. The van der Waals surface area contributed by atoms with Gasteiger partial charge in [0.2, 0.25) is 0 Å². The number of hydrogen-bond acceptors (Lipinski definition) is 3. The van der Waals surface area contributed by atoms with Gasteiger partial charge in [0.15, 0.2) is 5.95 Å². The van der Waals surface area contributed by atoms with E-state index in [2.05, 4.69) is 15.3 Å². The van der Waals surface area contributed by atoms with Gasteiger partial charge < -0.3 is 15.0 Å². The minimum atomic E-state index is 0.622. The lowest BCUT2D eigenvalue weighted by Crippen LogP contribution is -1.93. The molecule has 0 radical (unpaired) electrons. The first-order chi connectivity index (χ1) is 8.63. The van der Waals surface area contributed by atoms with Crippen LogP contribution in [-0.4, -0.2) is 24.1 Å². The molecule has 0 aliphatic rings. The summed E-state index contributed by atoms with van der Waals surface area (Å²) < 4.78 is 5.13. The molecule has 4 nitrogen and oxygen atoms in total. The van der Waals surface area contributed by atoms with Crippen molar-refractivity contribution in [3.63, 3.8) is 0 Å². The van der Waals surface area contributed by atoms with Crippen LogP contribution < -0.4 is 10.1 Å². The quantitative estimate of drug-likeness (QED) is 0.893. The molecule has 1 aromatic heterocycles. The summed E-state index contributed by atoms with van der Waals surface area (Å²) in [6.07, 6.45) is 0.744. The minimum absolute atomic E-state index is 0.622. The largest absolute Gasteiger partial charge is 0.495 e. The Kier molecular flexibility index (Phi) is 3.77. The van der Waals surface area contributed by atoms with Crippen LogP contribution in [0.5, 0.6) is 5.75 Å². The highest BCUT2D eigenvalue weighted by atomic mass is 35.5. The highest BCUT2D eigenvalue weighted by molar-refractivity contribution is 6.32. The Balaban J connectivity index is 2.22. The fraction of sp³-hybridized carbons (Fsp3) is 0.308. The van der Waals surface area contributed by atoms with Crippen LogP contribution in [0, 0.1) is 6.92 Å². The van der Waals surface area contributed by atoms with Gasteiger partial charge in [0, 0.05) is 19.2 Å². The summed E-state index contributed by atoms with van der Waals surface area (Å²) in [5.74, 6) is 1.47. The first-order valence-electron chi connectivity index (χ1n) is 5.69. The summed E-state index contributed by atoms with van der Waals surface area (Å²) in [6.45, 7) is 2.01. The van der Waals surface area contributed by atoms with Crippen LogP contribution in [0.1, 0.15) is 17.0 Å². The van der Waals surface area contributed by atoms with Crippen LogP contribution >= 0.6 is 11.6 Å². The fourth-order valence-electron chi connectivity index (χ4n) is 1.80. The van der Waals surface area contributed by atoms with Gasteiger partial charge in [0.25, 0.3) is 0 Å². The molecule has 0 saturated heterocycles. The van der Waals surface area contributed by atoms with Crippen LogP contribution in [0.4, 0.5) is 5.95 Å². The summed E-state index contributed by atoms with van der Waals surface area (Å²) in [5, 5.41) is 3.61. The molecule has 2 rings (SSSR count). The lowest BCUT2D eigenvalue weighted by Gasteiger charge is -2.05. The van der Waals surface area contributed by atoms with E-state index < -0.39 is 0 Å². The highest BCUT2D eigenvalue weighted by Gasteiger charge is 2.08. The summed E-state index contributed by atoms with van der Waals surface area (Å²) in [6, 6.07) is 5.78. The normalized spacial score (nSPS) is 10.4. The third-order valence-electron chi connectivity index (χ3n) is 2.81. The first-order valence-corrected chi connectivity index (χ1v) is 6.07. The third-order valence-corrected chi connectivity index (χ3v) is 3.11. The Morgan fingerprint density at radius 3 is 2.78 bits per heavy atom. The van der Waals surface area contributed by atoms with E-state index in [9.17, 15) is 0 Å². The lowest BCUT2D eigenvalue weighted by atomic mass is 10.1. The zero-order chi connectivity index (χ0) is 13.1. The summed E-state index contributed by atoms with van der Waals surface area (Å²) >= 11 is 6.10. The van der Waals surface area contributed by atoms with Crippen molar-refractivity contribution in [3.05, 3.63) is 40.2 Å². The molecule has 5 heteroatoms. The Morgan fingerprint density at radius 1 is 1.44 bits per heavy atom. The van der Waals surface area contributed by atoms with Gasteiger partial charge in [0.1, 0.15) is 5.75 Å². The van der Waals surface area contributed by atoms with Crippen molar-refractivity contribution in [1.82, 2.24) is 9.97 Å². The number of ether oxygens (including phenoxy) is 1. The molecular weight excluding hydrogens is 250 g/mol. The van der Waals surface area contributed by atoms with Crippen molar-refractivity contribution in [3.8, 4) is 5.75 Å². The van der Waals surface area contributed by atoms with Crippen LogP contribution in [0.25, 0.3) is 0 Å². The Hall–Kier alpha value is -1.68. The van der Waals surface area contributed by atoms with Crippen LogP contribution in [0.15, 0.2) is 18.2 Å². The van der Waals surface area contributed by atoms with Gasteiger partial charge >= 0.3 is 0 Å². The van der Waals surface area contributed by atoms with Crippen LogP contribution in [-0.2, 0) is 6.42 Å². The van der Waals surface area contributed by atoms with Crippen molar-refractivity contribution in [2.24, 2.45) is 0 Å². The SMILES string of the molecule is CNc1nc(Cc2ccc(OC)c(Cl)c2)c(C)[nH]1. The fourth-order valence-corrected chi connectivity index (χ4v) is 2.08. The average molecular weight is 266 g/mol. The second kappa shape index (κ2) is 5.31. The molecule has 0 aliphatic carbocycles. The maximum atomic E-state index is 6.10. The van der Waals surface area contributed by atoms with Crippen molar-refractivity contribution >= 4 is 17.5 Å². The van der Waals surface area contributed by atoms with Gasteiger partial charge in [-0.1, -0.05) is 17.7 Å². The first kappa shape index (κ1) is 12.8. The monoisotopic (exact) mass is 265 g/mol. The molecular formula is C13H16ClN3O. The van der Waals surface area contributed by atoms with Gasteiger partial charge in [-0.2, -0.15) is 0 Å². The van der Waals surface area contributed by atoms with Crippen molar-refractivity contribution in [1.29, 1.82) is 0 Å². The summed E-state index contributed by atoms with van der Waals surface area (Å²) in [7, 11) is 3.45. The lowest BCUT2D eigenvalue weighted by molar-refractivity contribution is 0.415. The minimum Gasteiger partial charge on any atom is -0.495 e. The van der Waals surface area contributed by atoms with E-state index in [-0.39, 0.29) is 0 Å². The molecule has 0 amide bonds. The molecule has 0 fully saturated rings. The molecule has 1 heterocycles. The Bertz CT molecular complexity index is 551. The average Bonchev–Trinajstić information content (AvgIpc) is 2.70. The van der Waals surface area contributed by atoms with Gasteiger partial charge in [-0.25, -0.2) is 4.98 Å². The number of nitrogens with zero attached hydrogens (tertiary/aromatic N) is 1. The van der Waals surface area contributed by atoms with Crippen molar-refractivity contribution in [2.75, 3.05) is 19.5 Å². The number of methoxy groups -OCH3 is 1. The molecule has 0 spiro atoms. The number of halogens is 1. The molecule has 0 saturated carbocycles. The Morgan fingerprint density at radius 2 is 2.22 bits per heavy atom. The number of aromatic nitrogens is 2. The van der Waals surface area contributed by atoms with Crippen LogP contribution in [0.3, 0.4) is 0 Å². The second-order valence-corrected chi connectivity index (χ2v) is 4.46. The zero-order valence-electron chi connectivity index (χ0n) is 10.7. The predicted octanol–water partition coefficient (Wildman–Crippen LogP) is 3.01. The number of H-pyrrole nitrogens is 1. The van der Waals surface area contributed by atoms with Gasteiger partial charge in [-0.15, -0.1) is 0 Å². The van der Waals surface area contributed by atoms with E-state index in [1.54, 1.807) is 7.11 Å². The second-order valence-electron chi connectivity index (χ2n) is 4.05. The molecule has 1 aromatic carbocycles. The topological polar surface area (TPSA) is 49.9 Å². The molecule has 0 bridgehead atoms. The van der Waals surface area contributed by atoms with E-state index in [1.807, 2.05) is 32.2 Å². The zero-order valence-corrected chi connectivity index (χ0v) is 11.4. The number of nitrogens with one attached hydrogen (secondary N) is 2. The molecule has 2 N–H and O–H groups in total. The predicted molar refractivity (Wildman–Crippen MR) is 73.7 cm³/mol.